The highest BCUT2D eigenvalue weighted by Crippen LogP contribution is 2.23. The van der Waals surface area contributed by atoms with E-state index in [2.05, 4.69) is 5.32 Å². The van der Waals surface area contributed by atoms with Crippen molar-refractivity contribution in [2.24, 2.45) is 0 Å². The molecule has 0 radical (unpaired) electrons. The zero-order valence-corrected chi connectivity index (χ0v) is 20.2. The lowest BCUT2D eigenvalue weighted by Crippen LogP contribution is -2.47. The van der Waals surface area contributed by atoms with Crippen molar-refractivity contribution >= 4 is 18.0 Å². The zero-order chi connectivity index (χ0) is 24.6. The van der Waals surface area contributed by atoms with Gasteiger partial charge in [0.05, 0.1) is 6.04 Å². The summed E-state index contributed by atoms with van der Waals surface area (Å²) in [4.78, 5) is 40.1. The molecule has 2 aromatic carbocycles. The minimum absolute atomic E-state index is 0.137. The number of benzene rings is 2. The Balaban J connectivity index is 1.63. The molecule has 0 aliphatic carbocycles. The van der Waals surface area contributed by atoms with Gasteiger partial charge in [0.15, 0.2) is 5.78 Å². The minimum Gasteiger partial charge on any atom is -0.445 e. The Morgan fingerprint density at radius 2 is 1.62 bits per heavy atom. The number of ether oxygens (including phenoxy) is 2. The molecule has 182 valence electrons. The first kappa shape index (κ1) is 25.3. The third-order valence-corrected chi connectivity index (χ3v) is 5.62. The summed E-state index contributed by atoms with van der Waals surface area (Å²) in [6.45, 7) is 6.07. The predicted molar refractivity (Wildman–Crippen MR) is 129 cm³/mol. The van der Waals surface area contributed by atoms with Gasteiger partial charge in [0, 0.05) is 19.0 Å². The first-order valence-electron chi connectivity index (χ1n) is 11.7. The van der Waals surface area contributed by atoms with Gasteiger partial charge in [0.2, 0.25) is 0 Å². The Hall–Kier alpha value is -3.35. The number of amides is 2. The van der Waals surface area contributed by atoms with E-state index in [1.54, 1.807) is 25.7 Å². The first-order chi connectivity index (χ1) is 16.2. The fraction of sp³-hybridized carbons (Fsp3) is 0.444. The molecule has 2 aromatic rings. The Bertz CT molecular complexity index is 956. The number of hydrogen-bond acceptors (Lipinski definition) is 5. The van der Waals surface area contributed by atoms with E-state index in [0.29, 0.717) is 13.0 Å². The second-order valence-electron chi connectivity index (χ2n) is 9.59. The van der Waals surface area contributed by atoms with Crippen molar-refractivity contribution in [1.82, 2.24) is 10.2 Å². The van der Waals surface area contributed by atoms with Gasteiger partial charge in [-0.15, -0.1) is 0 Å². The molecule has 1 fully saturated rings. The van der Waals surface area contributed by atoms with Crippen LogP contribution < -0.4 is 5.32 Å². The molecule has 7 nitrogen and oxygen atoms in total. The average molecular weight is 467 g/mol. The SMILES string of the molecule is CC(C)(C)OC(=O)N[C@@H](Cc1ccccc1)C(=O)CC1CCCN1C(=O)OCc1ccccc1. The number of hydrogen-bond donors (Lipinski definition) is 1. The summed E-state index contributed by atoms with van der Waals surface area (Å²) in [6, 6.07) is 18.0. The van der Waals surface area contributed by atoms with E-state index in [1.165, 1.54) is 0 Å². The smallest absolute Gasteiger partial charge is 0.410 e. The lowest BCUT2D eigenvalue weighted by Gasteiger charge is -2.26. The summed E-state index contributed by atoms with van der Waals surface area (Å²) in [5.74, 6) is -0.137. The summed E-state index contributed by atoms with van der Waals surface area (Å²) in [7, 11) is 0. The normalized spacial score (nSPS) is 16.6. The number of ketones is 1. The molecule has 1 N–H and O–H groups in total. The predicted octanol–water partition coefficient (Wildman–Crippen LogP) is 4.88. The maximum atomic E-state index is 13.3. The van der Waals surface area contributed by atoms with Gasteiger partial charge >= 0.3 is 12.2 Å². The second kappa shape index (κ2) is 11.7. The van der Waals surface area contributed by atoms with E-state index in [0.717, 1.165) is 24.0 Å². The molecule has 0 bridgehead atoms. The van der Waals surface area contributed by atoms with Gasteiger partial charge in [-0.1, -0.05) is 60.7 Å². The Morgan fingerprint density at radius 1 is 1.00 bits per heavy atom. The Morgan fingerprint density at radius 3 is 2.24 bits per heavy atom. The molecule has 1 aliphatic rings. The second-order valence-corrected chi connectivity index (χ2v) is 9.59. The molecule has 2 atom stereocenters. The van der Waals surface area contributed by atoms with Crippen LogP contribution in [0.25, 0.3) is 0 Å². The van der Waals surface area contributed by atoms with Gasteiger partial charge in [-0.05, 0) is 51.2 Å². The molecule has 2 amide bonds. The molecule has 0 spiro atoms. The quantitative estimate of drug-likeness (QED) is 0.599. The van der Waals surface area contributed by atoms with Gasteiger partial charge in [-0.2, -0.15) is 0 Å². The van der Waals surface area contributed by atoms with Crippen molar-refractivity contribution in [3.05, 3.63) is 71.8 Å². The molecular weight excluding hydrogens is 432 g/mol. The largest absolute Gasteiger partial charge is 0.445 e. The Labute approximate surface area is 201 Å². The van der Waals surface area contributed by atoms with E-state index in [4.69, 9.17) is 9.47 Å². The summed E-state index contributed by atoms with van der Waals surface area (Å²) >= 11 is 0. The van der Waals surface area contributed by atoms with E-state index < -0.39 is 23.8 Å². The molecule has 1 saturated heterocycles. The van der Waals surface area contributed by atoms with Crippen LogP contribution in [0.4, 0.5) is 9.59 Å². The highest BCUT2D eigenvalue weighted by Gasteiger charge is 2.34. The highest BCUT2D eigenvalue weighted by molar-refractivity contribution is 5.88. The molecule has 34 heavy (non-hydrogen) atoms. The molecule has 0 saturated carbocycles. The average Bonchev–Trinajstić information content (AvgIpc) is 3.25. The third kappa shape index (κ3) is 7.90. The van der Waals surface area contributed by atoms with Gasteiger partial charge in [-0.3, -0.25) is 4.79 Å². The van der Waals surface area contributed by atoms with Gasteiger partial charge in [0.25, 0.3) is 0 Å². The number of likely N-dealkylation sites (tertiary alicyclic amines) is 1. The van der Waals surface area contributed by atoms with E-state index in [9.17, 15) is 14.4 Å². The molecule has 3 rings (SSSR count). The standard InChI is InChI=1S/C27H34N2O5/c1-27(2,3)34-25(31)28-23(17-20-11-6-4-7-12-20)24(30)18-22-15-10-16-29(22)26(32)33-19-21-13-8-5-9-14-21/h4-9,11-14,22-23H,10,15-19H2,1-3H3,(H,28,31)/t22?,23-/m0/s1. The summed E-state index contributed by atoms with van der Waals surface area (Å²) in [5.41, 5.74) is 1.17. The van der Waals surface area contributed by atoms with Crippen LogP contribution in [0.1, 0.15) is 51.2 Å². The van der Waals surface area contributed by atoms with Crippen LogP contribution in [0.5, 0.6) is 0 Å². The van der Waals surface area contributed by atoms with Crippen LogP contribution in [-0.2, 0) is 27.3 Å². The van der Waals surface area contributed by atoms with E-state index >= 15 is 0 Å². The van der Waals surface area contributed by atoms with Gasteiger partial charge < -0.3 is 19.7 Å². The van der Waals surface area contributed by atoms with Crippen molar-refractivity contribution in [2.45, 2.75) is 70.7 Å². The van der Waals surface area contributed by atoms with Crippen LogP contribution in [0.15, 0.2) is 60.7 Å². The maximum absolute atomic E-state index is 13.3. The molecule has 7 heteroatoms. The van der Waals surface area contributed by atoms with E-state index in [-0.39, 0.29) is 24.9 Å². The summed E-state index contributed by atoms with van der Waals surface area (Å²) < 4.78 is 10.9. The number of nitrogens with one attached hydrogen (secondary N) is 1. The number of rotatable bonds is 8. The number of Topliss-reactive ketones (excluding diaryl/α,β-unsaturated/α-hetero) is 1. The third-order valence-electron chi connectivity index (χ3n) is 5.62. The molecule has 1 aliphatic heterocycles. The summed E-state index contributed by atoms with van der Waals surface area (Å²) in [5, 5.41) is 2.74. The lowest BCUT2D eigenvalue weighted by molar-refractivity contribution is -0.122. The van der Waals surface area contributed by atoms with Crippen LogP contribution in [-0.4, -0.2) is 47.1 Å². The molecule has 1 unspecified atom stereocenters. The number of carbonyl (C=O) groups is 3. The van der Waals surface area contributed by atoms with E-state index in [1.807, 2.05) is 60.7 Å². The van der Waals surface area contributed by atoms with Crippen molar-refractivity contribution in [3.63, 3.8) is 0 Å². The van der Waals surface area contributed by atoms with Gasteiger partial charge in [0.1, 0.15) is 12.2 Å². The van der Waals surface area contributed by atoms with Crippen molar-refractivity contribution in [3.8, 4) is 0 Å². The highest BCUT2D eigenvalue weighted by atomic mass is 16.6. The topological polar surface area (TPSA) is 84.9 Å². The van der Waals surface area contributed by atoms with Gasteiger partial charge in [-0.25, -0.2) is 9.59 Å². The maximum Gasteiger partial charge on any atom is 0.410 e. The molecule has 0 aromatic heterocycles. The van der Waals surface area contributed by atoms with Crippen molar-refractivity contribution < 1.29 is 23.9 Å². The molecule has 1 heterocycles. The van der Waals surface area contributed by atoms with Crippen LogP contribution in [0.2, 0.25) is 0 Å². The van der Waals surface area contributed by atoms with Crippen LogP contribution >= 0.6 is 0 Å². The monoisotopic (exact) mass is 466 g/mol. The number of carbonyl (C=O) groups excluding carboxylic acids is 3. The fourth-order valence-corrected chi connectivity index (χ4v) is 4.01. The van der Waals surface area contributed by atoms with Crippen molar-refractivity contribution in [1.29, 1.82) is 0 Å². The first-order valence-corrected chi connectivity index (χ1v) is 11.7. The van der Waals surface area contributed by atoms with Crippen LogP contribution in [0, 0.1) is 0 Å². The zero-order valence-electron chi connectivity index (χ0n) is 20.2. The molecular formula is C27H34N2O5. The summed E-state index contributed by atoms with van der Waals surface area (Å²) in [6.07, 6.45) is 0.974. The van der Waals surface area contributed by atoms with Crippen molar-refractivity contribution in [2.75, 3.05) is 6.54 Å². The minimum atomic E-state index is -0.750. The fourth-order valence-electron chi connectivity index (χ4n) is 4.01. The Kier molecular flexibility index (Phi) is 8.68. The number of alkyl carbamates (subject to hydrolysis) is 1. The van der Waals surface area contributed by atoms with Crippen LogP contribution in [0.3, 0.4) is 0 Å². The number of nitrogens with zero attached hydrogens (tertiary/aromatic N) is 1. The lowest BCUT2D eigenvalue weighted by atomic mass is 9.97.